The first-order valence-corrected chi connectivity index (χ1v) is 7.42. The van der Waals surface area contributed by atoms with E-state index >= 15 is 0 Å². The van der Waals surface area contributed by atoms with Gasteiger partial charge < -0.3 is 14.7 Å². The van der Waals surface area contributed by atoms with Gasteiger partial charge >= 0.3 is 5.97 Å². The number of morpholine rings is 1. The van der Waals surface area contributed by atoms with Gasteiger partial charge in [-0.3, -0.25) is 9.59 Å². The zero-order chi connectivity index (χ0) is 15.7. The summed E-state index contributed by atoms with van der Waals surface area (Å²) in [4.78, 5) is 24.9. The van der Waals surface area contributed by atoms with Crippen molar-refractivity contribution in [1.82, 2.24) is 4.90 Å². The maximum atomic E-state index is 12.9. The molecule has 1 aliphatic heterocycles. The molecule has 0 bridgehead atoms. The molecule has 2 aliphatic rings. The van der Waals surface area contributed by atoms with E-state index in [0.717, 1.165) is 12.0 Å². The van der Waals surface area contributed by atoms with Gasteiger partial charge in [-0.15, -0.1) is 0 Å². The Morgan fingerprint density at radius 2 is 2.05 bits per heavy atom. The maximum absolute atomic E-state index is 12.9. The first-order valence-electron chi connectivity index (χ1n) is 7.42. The molecule has 1 aromatic rings. The third-order valence-corrected chi connectivity index (χ3v) is 4.26. The Hall–Kier alpha value is -1.95. The smallest absolute Gasteiger partial charge is 0.306 e. The van der Waals surface area contributed by atoms with Gasteiger partial charge in [0.25, 0.3) is 0 Å². The Morgan fingerprint density at radius 1 is 1.32 bits per heavy atom. The molecule has 1 saturated heterocycles. The number of aliphatic carboxylic acids is 1. The van der Waals surface area contributed by atoms with E-state index in [-0.39, 0.29) is 30.0 Å². The van der Waals surface area contributed by atoms with E-state index in [9.17, 15) is 14.0 Å². The molecule has 0 spiro atoms. The summed E-state index contributed by atoms with van der Waals surface area (Å²) in [6.07, 6.45) is 0.250. The van der Waals surface area contributed by atoms with Crippen molar-refractivity contribution in [2.45, 2.75) is 24.9 Å². The van der Waals surface area contributed by atoms with Crippen LogP contribution in [0.25, 0.3) is 0 Å². The minimum absolute atomic E-state index is 0.0491. The molecule has 118 valence electrons. The molecule has 3 atom stereocenters. The van der Waals surface area contributed by atoms with E-state index in [1.807, 2.05) is 0 Å². The number of carboxylic acids is 1. The van der Waals surface area contributed by atoms with Crippen LogP contribution in [0.3, 0.4) is 0 Å². The van der Waals surface area contributed by atoms with Gasteiger partial charge in [-0.1, -0.05) is 12.1 Å². The summed E-state index contributed by atoms with van der Waals surface area (Å²) in [6, 6.07) is 6.26. The van der Waals surface area contributed by atoms with Gasteiger partial charge in [0.15, 0.2) is 0 Å². The second-order valence-corrected chi connectivity index (χ2v) is 5.88. The molecule has 0 aromatic heterocycles. The number of hydrogen-bond acceptors (Lipinski definition) is 3. The topological polar surface area (TPSA) is 66.8 Å². The maximum Gasteiger partial charge on any atom is 0.306 e. The summed E-state index contributed by atoms with van der Waals surface area (Å²) in [5.41, 5.74) is 0.982. The number of amides is 1. The highest BCUT2D eigenvalue weighted by atomic mass is 19.1. The number of carboxylic acid groups (broad SMARTS) is 1. The first-order chi connectivity index (χ1) is 10.5. The van der Waals surface area contributed by atoms with Crippen molar-refractivity contribution in [3.63, 3.8) is 0 Å². The van der Waals surface area contributed by atoms with Crippen molar-refractivity contribution in [3.8, 4) is 0 Å². The van der Waals surface area contributed by atoms with Crippen LogP contribution in [-0.2, 0) is 14.3 Å². The monoisotopic (exact) mass is 307 g/mol. The van der Waals surface area contributed by atoms with Crippen LogP contribution in [0.1, 0.15) is 24.3 Å². The second kappa shape index (κ2) is 6.04. The molecule has 6 heteroatoms. The summed E-state index contributed by atoms with van der Waals surface area (Å²) >= 11 is 0. The number of nitrogens with zero attached hydrogens (tertiary/aromatic N) is 1. The third kappa shape index (κ3) is 3.27. The lowest BCUT2D eigenvalue weighted by Gasteiger charge is -2.32. The van der Waals surface area contributed by atoms with Crippen molar-refractivity contribution < 1.29 is 23.8 Å². The Kier molecular flexibility index (Phi) is 4.11. The fraction of sp³-hybridized carbons (Fsp3) is 0.500. The van der Waals surface area contributed by atoms with Gasteiger partial charge in [0.2, 0.25) is 5.91 Å². The second-order valence-electron chi connectivity index (χ2n) is 5.88. The van der Waals surface area contributed by atoms with E-state index in [0.29, 0.717) is 19.7 Å². The summed E-state index contributed by atoms with van der Waals surface area (Å²) in [6.45, 7) is 1.21. The van der Waals surface area contributed by atoms with E-state index in [1.165, 1.54) is 12.1 Å². The SMILES string of the molecule is O=C(O)C[C@@H]1CN(C(=O)[C@@H]2C[C@@H]2c2ccc(F)cc2)CCO1. The van der Waals surface area contributed by atoms with E-state index < -0.39 is 12.1 Å². The van der Waals surface area contributed by atoms with Crippen LogP contribution >= 0.6 is 0 Å². The van der Waals surface area contributed by atoms with Gasteiger partial charge in [-0.05, 0) is 30.0 Å². The Labute approximate surface area is 127 Å². The van der Waals surface area contributed by atoms with E-state index in [2.05, 4.69) is 0 Å². The number of ether oxygens (including phenoxy) is 1. The summed E-state index contributed by atoms with van der Waals surface area (Å²) in [5, 5.41) is 8.81. The lowest BCUT2D eigenvalue weighted by Crippen LogP contribution is -2.47. The highest BCUT2D eigenvalue weighted by Crippen LogP contribution is 2.48. The van der Waals surface area contributed by atoms with Crippen LogP contribution in [0.5, 0.6) is 0 Å². The van der Waals surface area contributed by atoms with Gasteiger partial charge in [0.05, 0.1) is 19.1 Å². The average molecular weight is 307 g/mol. The molecule has 2 fully saturated rings. The molecule has 1 heterocycles. The first kappa shape index (κ1) is 15.0. The van der Waals surface area contributed by atoms with Gasteiger partial charge in [0.1, 0.15) is 5.82 Å². The molecule has 1 saturated carbocycles. The molecule has 1 aromatic carbocycles. The largest absolute Gasteiger partial charge is 0.481 e. The van der Waals surface area contributed by atoms with Gasteiger partial charge in [-0.2, -0.15) is 0 Å². The molecular formula is C16H18FNO4. The average Bonchev–Trinajstić information content (AvgIpc) is 3.27. The third-order valence-electron chi connectivity index (χ3n) is 4.26. The zero-order valence-electron chi connectivity index (χ0n) is 12.1. The lowest BCUT2D eigenvalue weighted by molar-refractivity contribution is -0.148. The van der Waals surface area contributed by atoms with Crippen molar-refractivity contribution in [2.75, 3.05) is 19.7 Å². The highest BCUT2D eigenvalue weighted by molar-refractivity contribution is 5.83. The number of halogens is 1. The Balaban J connectivity index is 1.58. The number of hydrogen-bond donors (Lipinski definition) is 1. The fourth-order valence-electron chi connectivity index (χ4n) is 3.02. The number of rotatable bonds is 4. The molecule has 0 unspecified atom stereocenters. The Morgan fingerprint density at radius 3 is 2.73 bits per heavy atom. The van der Waals surface area contributed by atoms with Crippen LogP contribution in [0, 0.1) is 11.7 Å². The fourth-order valence-corrected chi connectivity index (χ4v) is 3.02. The van der Waals surface area contributed by atoms with Crippen molar-refractivity contribution in [1.29, 1.82) is 0 Å². The minimum Gasteiger partial charge on any atom is -0.481 e. The van der Waals surface area contributed by atoms with E-state index in [1.54, 1.807) is 17.0 Å². The van der Waals surface area contributed by atoms with Crippen LogP contribution in [0.2, 0.25) is 0 Å². The lowest BCUT2D eigenvalue weighted by atomic mass is 10.1. The Bertz CT molecular complexity index is 574. The van der Waals surface area contributed by atoms with Crippen molar-refractivity contribution in [2.24, 2.45) is 5.92 Å². The van der Waals surface area contributed by atoms with Crippen LogP contribution in [0.4, 0.5) is 4.39 Å². The molecule has 1 aliphatic carbocycles. The number of benzene rings is 1. The van der Waals surface area contributed by atoms with Crippen molar-refractivity contribution in [3.05, 3.63) is 35.6 Å². The zero-order valence-corrected chi connectivity index (χ0v) is 12.1. The molecule has 1 amide bonds. The summed E-state index contributed by atoms with van der Waals surface area (Å²) in [5.74, 6) is -1.08. The van der Waals surface area contributed by atoms with Gasteiger partial charge in [0, 0.05) is 19.0 Å². The molecule has 5 nitrogen and oxygen atoms in total. The van der Waals surface area contributed by atoms with Gasteiger partial charge in [-0.25, -0.2) is 4.39 Å². The highest BCUT2D eigenvalue weighted by Gasteiger charge is 2.46. The molecule has 22 heavy (non-hydrogen) atoms. The molecular weight excluding hydrogens is 289 g/mol. The standard InChI is InChI=1S/C16H18FNO4/c17-11-3-1-10(2-4-11)13-8-14(13)16(21)18-5-6-22-12(9-18)7-15(19)20/h1-4,12-14H,5-9H2,(H,19,20)/t12-,13-,14-/m1/s1. The predicted octanol–water partition coefficient (Wildman–Crippen LogP) is 1.63. The summed E-state index contributed by atoms with van der Waals surface area (Å²) in [7, 11) is 0. The van der Waals surface area contributed by atoms with Crippen LogP contribution in [0.15, 0.2) is 24.3 Å². The summed E-state index contributed by atoms with van der Waals surface area (Å²) < 4.78 is 18.3. The predicted molar refractivity (Wildman–Crippen MR) is 75.8 cm³/mol. The van der Waals surface area contributed by atoms with Crippen LogP contribution in [-0.4, -0.2) is 47.7 Å². The molecule has 1 N–H and O–H groups in total. The number of carbonyl (C=O) groups excluding carboxylic acids is 1. The van der Waals surface area contributed by atoms with E-state index in [4.69, 9.17) is 9.84 Å². The minimum atomic E-state index is -0.921. The normalized spacial score (nSPS) is 27.5. The van der Waals surface area contributed by atoms with Crippen LogP contribution < -0.4 is 0 Å². The number of carbonyl (C=O) groups is 2. The van der Waals surface area contributed by atoms with Crippen molar-refractivity contribution >= 4 is 11.9 Å². The molecule has 0 radical (unpaired) electrons. The quantitative estimate of drug-likeness (QED) is 0.918. The molecule has 3 rings (SSSR count).